The first-order valence-corrected chi connectivity index (χ1v) is 6.86. The van der Waals surface area contributed by atoms with Crippen LogP contribution < -0.4 is 10.6 Å². The van der Waals surface area contributed by atoms with Crippen molar-refractivity contribution in [2.45, 2.75) is 72.5 Å². The van der Waals surface area contributed by atoms with E-state index in [4.69, 9.17) is 0 Å². The third-order valence-electron chi connectivity index (χ3n) is 3.06. The second-order valence-electron chi connectivity index (χ2n) is 3.95. The fraction of sp³-hybridized carbons (Fsp3) is 1.00. The molecule has 1 saturated carbocycles. The van der Waals surface area contributed by atoms with Crippen molar-refractivity contribution in [2.24, 2.45) is 5.92 Å². The predicted molar refractivity (Wildman–Crippen MR) is 69.0 cm³/mol. The second kappa shape index (κ2) is 9.17. The zero-order valence-electron chi connectivity index (χ0n) is 11.3. The first kappa shape index (κ1) is 14.9. The molecule has 0 amide bonds. The number of hydrogen-bond acceptors (Lipinski definition) is 2. The molecule has 1 aliphatic carbocycles. The van der Waals surface area contributed by atoms with Crippen LogP contribution in [0.3, 0.4) is 0 Å². The molecular weight excluding hydrogens is 184 g/mol. The number of hydrogen-bond donors (Lipinski definition) is 2. The summed E-state index contributed by atoms with van der Waals surface area (Å²) in [5.41, 5.74) is 0. The van der Waals surface area contributed by atoms with Crippen molar-refractivity contribution in [3.63, 3.8) is 0 Å². The van der Waals surface area contributed by atoms with Gasteiger partial charge in [0, 0.05) is 12.6 Å². The van der Waals surface area contributed by atoms with E-state index in [-0.39, 0.29) is 0 Å². The highest BCUT2D eigenvalue weighted by Crippen LogP contribution is 2.25. The molecule has 0 bridgehead atoms. The molecule has 92 valence electrons. The molecule has 0 spiro atoms. The summed E-state index contributed by atoms with van der Waals surface area (Å²) < 4.78 is 0. The lowest BCUT2D eigenvalue weighted by atomic mass is 9.83. The van der Waals surface area contributed by atoms with Crippen LogP contribution in [0.25, 0.3) is 0 Å². The van der Waals surface area contributed by atoms with Crippen molar-refractivity contribution >= 4 is 0 Å². The van der Waals surface area contributed by atoms with E-state index in [0.717, 1.165) is 12.0 Å². The third kappa shape index (κ3) is 4.98. The van der Waals surface area contributed by atoms with Crippen LogP contribution in [0, 0.1) is 5.92 Å². The van der Waals surface area contributed by atoms with Crippen LogP contribution in [0.15, 0.2) is 0 Å². The molecule has 0 aromatic rings. The molecule has 1 aliphatic heterocycles. The Kier molecular flexibility index (Phi) is 9.12. The maximum absolute atomic E-state index is 3.61. The van der Waals surface area contributed by atoms with Crippen molar-refractivity contribution in [2.75, 3.05) is 6.54 Å². The lowest BCUT2D eigenvalue weighted by molar-refractivity contribution is 0.179. The zero-order chi connectivity index (χ0) is 11.7. The molecule has 2 rings (SSSR count). The largest absolute Gasteiger partial charge is 0.302 e. The van der Waals surface area contributed by atoms with Gasteiger partial charge in [0.05, 0.1) is 6.17 Å². The summed E-state index contributed by atoms with van der Waals surface area (Å²) in [4.78, 5) is 0. The average molecular weight is 214 g/mol. The Balaban J connectivity index is 0.000000442. The first-order chi connectivity index (χ1) is 7.36. The SMILES string of the molecule is CC.CC.CC1NCC2CCCCC2N1. The number of rotatable bonds is 0. The Morgan fingerprint density at radius 1 is 0.933 bits per heavy atom. The monoisotopic (exact) mass is 214 g/mol. The van der Waals surface area contributed by atoms with Gasteiger partial charge in [-0.25, -0.2) is 0 Å². The summed E-state index contributed by atoms with van der Waals surface area (Å²) in [6.45, 7) is 11.4. The van der Waals surface area contributed by atoms with Crippen molar-refractivity contribution in [1.82, 2.24) is 10.6 Å². The Morgan fingerprint density at radius 2 is 1.53 bits per heavy atom. The standard InChI is InChI=1S/C9H18N2.2C2H6/c1-7-10-6-8-4-2-3-5-9(8)11-7;2*1-2/h7-11H,2-6H2,1H3;2*1-2H3. The van der Waals surface area contributed by atoms with Gasteiger partial charge in [0.2, 0.25) is 0 Å². The highest BCUT2D eigenvalue weighted by Gasteiger charge is 2.29. The van der Waals surface area contributed by atoms with Crippen LogP contribution in [-0.4, -0.2) is 18.8 Å². The second-order valence-corrected chi connectivity index (χ2v) is 3.95. The summed E-state index contributed by atoms with van der Waals surface area (Å²) >= 11 is 0. The number of fused-ring (bicyclic) bond motifs is 1. The van der Waals surface area contributed by atoms with Gasteiger partial charge in [-0.3, -0.25) is 5.32 Å². The summed E-state index contributed by atoms with van der Waals surface area (Å²) in [6, 6.07) is 0.819. The molecule has 0 radical (unpaired) electrons. The Hall–Kier alpha value is -0.0800. The van der Waals surface area contributed by atoms with Gasteiger partial charge >= 0.3 is 0 Å². The van der Waals surface area contributed by atoms with Crippen LogP contribution in [-0.2, 0) is 0 Å². The van der Waals surface area contributed by atoms with Gasteiger partial charge in [0.25, 0.3) is 0 Å². The van der Waals surface area contributed by atoms with E-state index in [1.807, 2.05) is 27.7 Å². The molecule has 0 aromatic carbocycles. The quantitative estimate of drug-likeness (QED) is 0.647. The van der Waals surface area contributed by atoms with Crippen LogP contribution in [0.5, 0.6) is 0 Å². The molecule has 2 fully saturated rings. The third-order valence-corrected chi connectivity index (χ3v) is 3.06. The van der Waals surface area contributed by atoms with E-state index in [2.05, 4.69) is 17.6 Å². The van der Waals surface area contributed by atoms with Crippen LogP contribution in [0.2, 0.25) is 0 Å². The van der Waals surface area contributed by atoms with E-state index < -0.39 is 0 Å². The maximum atomic E-state index is 3.61. The van der Waals surface area contributed by atoms with Crippen molar-refractivity contribution in [3.8, 4) is 0 Å². The molecule has 2 N–H and O–H groups in total. The van der Waals surface area contributed by atoms with E-state index in [9.17, 15) is 0 Å². The van der Waals surface area contributed by atoms with Crippen LogP contribution in [0.4, 0.5) is 0 Å². The molecule has 2 nitrogen and oxygen atoms in total. The van der Waals surface area contributed by atoms with Crippen LogP contribution >= 0.6 is 0 Å². The Labute approximate surface area is 96.2 Å². The lowest BCUT2D eigenvalue weighted by Gasteiger charge is -2.40. The fourth-order valence-corrected chi connectivity index (χ4v) is 2.38. The Morgan fingerprint density at radius 3 is 2.20 bits per heavy atom. The molecule has 0 aromatic heterocycles. The summed E-state index contributed by atoms with van der Waals surface area (Å²) in [5.74, 6) is 0.917. The van der Waals surface area contributed by atoms with Gasteiger partial charge in [0.15, 0.2) is 0 Å². The van der Waals surface area contributed by atoms with Crippen molar-refractivity contribution in [3.05, 3.63) is 0 Å². The van der Waals surface area contributed by atoms with Gasteiger partial charge in [-0.1, -0.05) is 40.5 Å². The molecular formula is C13H30N2. The van der Waals surface area contributed by atoms with Gasteiger partial charge in [0.1, 0.15) is 0 Å². The number of nitrogens with one attached hydrogen (secondary N) is 2. The van der Waals surface area contributed by atoms with E-state index >= 15 is 0 Å². The minimum absolute atomic E-state index is 0.536. The molecule has 15 heavy (non-hydrogen) atoms. The van der Waals surface area contributed by atoms with E-state index in [0.29, 0.717) is 6.17 Å². The predicted octanol–water partition coefficient (Wildman–Crippen LogP) is 3.14. The molecule has 3 atom stereocenters. The van der Waals surface area contributed by atoms with E-state index in [1.165, 1.54) is 32.2 Å². The topological polar surface area (TPSA) is 24.1 Å². The molecule has 2 aliphatic rings. The zero-order valence-corrected chi connectivity index (χ0v) is 11.3. The summed E-state index contributed by atoms with van der Waals surface area (Å²) in [7, 11) is 0. The van der Waals surface area contributed by atoms with Crippen molar-refractivity contribution in [1.29, 1.82) is 0 Å². The summed E-state index contributed by atoms with van der Waals surface area (Å²) in [6.07, 6.45) is 6.24. The molecule has 1 heterocycles. The minimum atomic E-state index is 0.536. The molecule has 3 unspecified atom stereocenters. The van der Waals surface area contributed by atoms with Gasteiger partial charge in [-0.05, 0) is 25.7 Å². The van der Waals surface area contributed by atoms with Crippen molar-refractivity contribution < 1.29 is 0 Å². The van der Waals surface area contributed by atoms with E-state index in [1.54, 1.807) is 0 Å². The highest BCUT2D eigenvalue weighted by molar-refractivity contribution is 4.87. The summed E-state index contributed by atoms with van der Waals surface area (Å²) in [5, 5.41) is 7.08. The maximum Gasteiger partial charge on any atom is 0.0544 e. The lowest BCUT2D eigenvalue weighted by Crippen LogP contribution is -2.57. The van der Waals surface area contributed by atoms with Gasteiger partial charge < -0.3 is 5.32 Å². The van der Waals surface area contributed by atoms with Gasteiger partial charge in [-0.2, -0.15) is 0 Å². The Bertz CT molecular complexity index is 136. The molecule has 1 saturated heterocycles. The first-order valence-electron chi connectivity index (χ1n) is 6.86. The average Bonchev–Trinajstić information content (AvgIpc) is 2.34. The van der Waals surface area contributed by atoms with Gasteiger partial charge in [-0.15, -0.1) is 0 Å². The highest BCUT2D eigenvalue weighted by atomic mass is 15.2. The fourth-order valence-electron chi connectivity index (χ4n) is 2.38. The minimum Gasteiger partial charge on any atom is -0.302 e. The normalized spacial score (nSPS) is 33.8. The molecule has 2 heteroatoms. The smallest absolute Gasteiger partial charge is 0.0544 e. The van der Waals surface area contributed by atoms with Crippen LogP contribution in [0.1, 0.15) is 60.3 Å².